The average Bonchev–Trinajstić information content (AvgIpc) is 2.09. The lowest BCUT2D eigenvalue weighted by atomic mass is 10.1. The first-order chi connectivity index (χ1) is 8.73. The summed E-state index contributed by atoms with van der Waals surface area (Å²) < 4.78 is 110. The number of primary sulfonamides is 1. The lowest BCUT2D eigenvalue weighted by Gasteiger charge is -2.19. The van der Waals surface area contributed by atoms with Crippen LogP contribution in [0.3, 0.4) is 0 Å². The maximum atomic E-state index is 13.0. The fourth-order valence-corrected chi connectivity index (χ4v) is 2.38. The molecule has 0 spiro atoms. The zero-order valence-electron chi connectivity index (χ0n) is 9.26. The fraction of sp³-hybridized carbons (Fsp3) is 0.333. The van der Waals surface area contributed by atoms with E-state index < -0.39 is 44.6 Å². The van der Waals surface area contributed by atoms with Crippen LogP contribution in [0.15, 0.2) is 18.2 Å². The van der Waals surface area contributed by atoms with Gasteiger partial charge in [-0.1, -0.05) is 0 Å². The number of alkyl halides is 6. The summed E-state index contributed by atoms with van der Waals surface area (Å²) >= 11 is 0. The molecular formula is C9H6F7NO2S. The minimum absolute atomic E-state index is 0.0395. The first-order valence-corrected chi connectivity index (χ1v) is 6.30. The summed E-state index contributed by atoms with van der Waals surface area (Å²) in [6.07, 6.45) is -10.6. The molecule has 0 saturated heterocycles. The van der Waals surface area contributed by atoms with Crippen molar-refractivity contribution in [2.45, 2.75) is 17.6 Å². The van der Waals surface area contributed by atoms with Crippen molar-refractivity contribution in [1.82, 2.24) is 0 Å². The number of hydrogen-bond acceptors (Lipinski definition) is 2. The number of sulfonamides is 1. The number of rotatable bonds is 2. The molecule has 114 valence electrons. The van der Waals surface area contributed by atoms with E-state index in [-0.39, 0.29) is 18.2 Å². The minimum Gasteiger partial charge on any atom is -0.228 e. The van der Waals surface area contributed by atoms with E-state index >= 15 is 0 Å². The molecule has 20 heavy (non-hydrogen) atoms. The molecule has 0 heterocycles. The Kier molecular flexibility index (Phi) is 4.07. The summed E-state index contributed by atoms with van der Waals surface area (Å²) in [7, 11) is -5.31. The normalized spacial score (nSPS) is 15.2. The largest absolute Gasteiger partial charge is 0.416 e. The molecule has 0 aromatic heterocycles. The number of nitrogens with two attached hydrogens (primary N) is 1. The molecule has 1 unspecified atom stereocenters. The number of benzene rings is 1. The molecule has 0 bridgehead atoms. The Balaban J connectivity index is 3.55. The van der Waals surface area contributed by atoms with Crippen LogP contribution in [0.1, 0.15) is 16.4 Å². The Morgan fingerprint density at radius 1 is 1.00 bits per heavy atom. The Morgan fingerprint density at radius 2 is 1.50 bits per heavy atom. The van der Waals surface area contributed by atoms with E-state index in [0.717, 1.165) is 0 Å². The Morgan fingerprint density at radius 3 is 1.85 bits per heavy atom. The highest BCUT2D eigenvalue weighted by atomic mass is 32.2. The number of hydrogen-bond donors (Lipinski definition) is 1. The fourth-order valence-electron chi connectivity index (χ4n) is 1.49. The molecule has 1 aromatic rings. The van der Waals surface area contributed by atoms with Crippen molar-refractivity contribution < 1.29 is 39.2 Å². The van der Waals surface area contributed by atoms with Crippen LogP contribution >= 0.6 is 0 Å². The van der Waals surface area contributed by atoms with Crippen LogP contribution in [-0.2, 0) is 16.2 Å². The molecule has 3 nitrogen and oxygen atoms in total. The summed E-state index contributed by atoms with van der Waals surface area (Å²) in [6, 6.07) is -0.122. The van der Waals surface area contributed by atoms with Gasteiger partial charge in [0.1, 0.15) is 5.82 Å². The van der Waals surface area contributed by atoms with Crippen LogP contribution in [0.2, 0.25) is 0 Å². The van der Waals surface area contributed by atoms with Crippen molar-refractivity contribution in [3.05, 3.63) is 35.1 Å². The Labute approximate surface area is 108 Å². The predicted octanol–water partition coefficient (Wildman–Crippen LogP) is 2.74. The first-order valence-electron chi connectivity index (χ1n) is 4.69. The summed E-state index contributed by atoms with van der Waals surface area (Å²) in [5.74, 6) is -1.66. The highest BCUT2D eigenvalue weighted by Gasteiger charge is 2.49. The van der Waals surface area contributed by atoms with Crippen molar-refractivity contribution in [3.8, 4) is 0 Å². The molecule has 1 aromatic carbocycles. The summed E-state index contributed by atoms with van der Waals surface area (Å²) in [5, 5.41) is 0.917. The van der Waals surface area contributed by atoms with E-state index in [0.29, 0.717) is 0 Å². The SMILES string of the molecule is NS(=O)(=O)C(c1cc(F)cc(C(F)(F)F)c1)C(F)(F)F. The third-order valence-corrected chi connectivity index (χ3v) is 3.37. The third-order valence-electron chi connectivity index (χ3n) is 2.18. The molecule has 0 aliphatic rings. The summed E-state index contributed by atoms with van der Waals surface area (Å²) in [6.45, 7) is 0. The summed E-state index contributed by atoms with van der Waals surface area (Å²) in [5.41, 5.74) is -3.18. The van der Waals surface area contributed by atoms with Gasteiger partial charge in [0.2, 0.25) is 10.0 Å². The zero-order chi connectivity index (χ0) is 15.9. The zero-order valence-corrected chi connectivity index (χ0v) is 10.1. The van der Waals surface area contributed by atoms with Crippen molar-refractivity contribution in [3.63, 3.8) is 0 Å². The van der Waals surface area contributed by atoms with Gasteiger partial charge in [-0.3, -0.25) is 0 Å². The van der Waals surface area contributed by atoms with Crippen molar-refractivity contribution in [1.29, 1.82) is 0 Å². The number of halogens is 7. The van der Waals surface area contributed by atoms with Crippen LogP contribution in [0.5, 0.6) is 0 Å². The maximum Gasteiger partial charge on any atom is 0.416 e. The highest BCUT2D eigenvalue weighted by molar-refractivity contribution is 7.89. The van der Waals surface area contributed by atoms with Gasteiger partial charge < -0.3 is 0 Å². The van der Waals surface area contributed by atoms with Crippen molar-refractivity contribution >= 4 is 10.0 Å². The lowest BCUT2D eigenvalue weighted by Crippen LogP contribution is -2.33. The molecule has 0 radical (unpaired) electrons. The first kappa shape index (κ1) is 16.7. The van der Waals surface area contributed by atoms with Gasteiger partial charge in [0, 0.05) is 0 Å². The van der Waals surface area contributed by atoms with Gasteiger partial charge in [0.15, 0.2) is 5.25 Å². The summed E-state index contributed by atoms with van der Waals surface area (Å²) in [4.78, 5) is 0. The van der Waals surface area contributed by atoms with Crippen LogP contribution in [0.4, 0.5) is 30.7 Å². The van der Waals surface area contributed by atoms with Gasteiger partial charge in [0.05, 0.1) is 5.56 Å². The van der Waals surface area contributed by atoms with E-state index in [1.54, 1.807) is 0 Å². The molecule has 0 aliphatic carbocycles. The Hall–Kier alpha value is -1.36. The third kappa shape index (κ3) is 3.82. The van der Waals surface area contributed by atoms with Crippen LogP contribution in [0, 0.1) is 5.82 Å². The molecular weight excluding hydrogens is 319 g/mol. The topological polar surface area (TPSA) is 60.2 Å². The van der Waals surface area contributed by atoms with E-state index in [9.17, 15) is 39.2 Å². The van der Waals surface area contributed by atoms with E-state index in [4.69, 9.17) is 0 Å². The Bertz CT molecular complexity index is 606. The van der Waals surface area contributed by atoms with Gasteiger partial charge in [0.25, 0.3) is 0 Å². The van der Waals surface area contributed by atoms with Gasteiger partial charge in [-0.15, -0.1) is 0 Å². The van der Waals surface area contributed by atoms with Crippen molar-refractivity contribution in [2.24, 2.45) is 5.14 Å². The second-order valence-electron chi connectivity index (χ2n) is 3.78. The lowest BCUT2D eigenvalue weighted by molar-refractivity contribution is -0.139. The maximum absolute atomic E-state index is 13.0. The van der Waals surface area contributed by atoms with Crippen LogP contribution < -0.4 is 5.14 Å². The second kappa shape index (κ2) is 4.88. The molecule has 0 aliphatic heterocycles. The minimum atomic E-state index is -5.48. The van der Waals surface area contributed by atoms with Gasteiger partial charge in [-0.25, -0.2) is 17.9 Å². The van der Waals surface area contributed by atoms with E-state index in [2.05, 4.69) is 5.14 Å². The predicted molar refractivity (Wildman–Crippen MR) is 53.3 cm³/mol. The van der Waals surface area contributed by atoms with Crippen LogP contribution in [-0.4, -0.2) is 14.6 Å². The standard InChI is InChI=1S/C9H6F7NO2S/c10-6-2-4(1-5(3-6)8(11,12)13)7(9(14,15)16)20(17,18)19/h1-3,7H,(H2,17,18,19). The van der Waals surface area contributed by atoms with Crippen molar-refractivity contribution in [2.75, 3.05) is 0 Å². The van der Waals surface area contributed by atoms with Gasteiger partial charge in [-0.05, 0) is 23.8 Å². The molecule has 2 N–H and O–H groups in total. The molecule has 0 fully saturated rings. The van der Waals surface area contributed by atoms with Gasteiger partial charge in [-0.2, -0.15) is 26.3 Å². The van der Waals surface area contributed by atoms with Gasteiger partial charge >= 0.3 is 12.4 Å². The molecule has 1 atom stereocenters. The quantitative estimate of drug-likeness (QED) is 0.850. The molecule has 0 amide bonds. The molecule has 0 saturated carbocycles. The molecule has 11 heteroatoms. The monoisotopic (exact) mass is 325 g/mol. The molecule has 1 rings (SSSR count). The highest BCUT2D eigenvalue weighted by Crippen LogP contribution is 2.40. The smallest absolute Gasteiger partial charge is 0.228 e. The van der Waals surface area contributed by atoms with E-state index in [1.807, 2.05) is 0 Å². The van der Waals surface area contributed by atoms with E-state index in [1.165, 1.54) is 0 Å². The average molecular weight is 325 g/mol. The second-order valence-corrected chi connectivity index (χ2v) is 5.43. The van der Waals surface area contributed by atoms with Crippen LogP contribution in [0.25, 0.3) is 0 Å².